The largest absolute Gasteiger partial charge is 0.497 e. The summed E-state index contributed by atoms with van der Waals surface area (Å²) >= 11 is 5.85. The number of aromatic nitrogens is 1. The first-order chi connectivity index (χ1) is 12.7. The third kappa shape index (κ3) is 5.97. The van der Waals surface area contributed by atoms with Gasteiger partial charge in [-0.3, -0.25) is 0 Å². The number of hydrogen-bond donors (Lipinski definition) is 1. The van der Waals surface area contributed by atoms with E-state index >= 15 is 0 Å². The lowest BCUT2D eigenvalue weighted by molar-refractivity contribution is 0.414. The molecule has 2 aromatic rings. The van der Waals surface area contributed by atoms with Gasteiger partial charge in [-0.15, -0.1) is 24.0 Å². The number of benzene rings is 1. The van der Waals surface area contributed by atoms with Crippen molar-refractivity contribution >= 4 is 41.5 Å². The SMILES string of the molecule is CCNC(=NCc1ccc(Cl)nc1)N1CCC(c2ccc(OC)cc2)C1.I. The Morgan fingerprint density at radius 1 is 1.30 bits per heavy atom. The summed E-state index contributed by atoms with van der Waals surface area (Å²) in [5, 5.41) is 3.91. The van der Waals surface area contributed by atoms with Crippen LogP contribution < -0.4 is 10.1 Å². The van der Waals surface area contributed by atoms with Gasteiger partial charge < -0.3 is 15.0 Å². The highest BCUT2D eigenvalue weighted by Crippen LogP contribution is 2.28. The highest BCUT2D eigenvalue weighted by molar-refractivity contribution is 14.0. The van der Waals surface area contributed by atoms with Crippen molar-refractivity contribution in [2.24, 2.45) is 4.99 Å². The van der Waals surface area contributed by atoms with Crippen LogP contribution in [0.25, 0.3) is 0 Å². The van der Waals surface area contributed by atoms with Crippen molar-refractivity contribution in [3.63, 3.8) is 0 Å². The second kappa shape index (κ2) is 10.7. The summed E-state index contributed by atoms with van der Waals surface area (Å²) in [5.41, 5.74) is 2.40. The third-order valence-corrected chi connectivity index (χ3v) is 4.83. The number of guanidine groups is 1. The standard InChI is InChI=1S/C20H25ClN4O.HI/c1-3-22-20(24-13-15-4-9-19(21)23-12-15)25-11-10-17(14-25)16-5-7-18(26-2)8-6-16;/h4-9,12,17H,3,10-11,13-14H2,1-2H3,(H,22,24);1H. The molecule has 7 heteroatoms. The van der Waals surface area contributed by atoms with Crippen molar-refractivity contribution in [1.82, 2.24) is 15.2 Å². The third-order valence-electron chi connectivity index (χ3n) is 4.61. The Bertz CT molecular complexity index is 737. The van der Waals surface area contributed by atoms with Crippen LogP contribution in [0.1, 0.15) is 30.4 Å². The van der Waals surface area contributed by atoms with E-state index in [1.54, 1.807) is 19.4 Å². The number of nitrogens with zero attached hydrogens (tertiary/aromatic N) is 3. The van der Waals surface area contributed by atoms with Gasteiger partial charge in [-0.05, 0) is 42.7 Å². The van der Waals surface area contributed by atoms with Crippen molar-refractivity contribution in [3.8, 4) is 5.75 Å². The minimum absolute atomic E-state index is 0. The summed E-state index contributed by atoms with van der Waals surface area (Å²) in [4.78, 5) is 11.2. The van der Waals surface area contributed by atoms with Gasteiger partial charge in [0, 0.05) is 31.7 Å². The monoisotopic (exact) mass is 500 g/mol. The average molecular weight is 501 g/mol. The second-order valence-corrected chi connectivity index (χ2v) is 6.75. The van der Waals surface area contributed by atoms with Crippen LogP contribution >= 0.6 is 35.6 Å². The summed E-state index contributed by atoms with van der Waals surface area (Å²) in [6, 6.07) is 12.2. The molecule has 1 aliphatic heterocycles. The molecule has 5 nitrogen and oxygen atoms in total. The number of methoxy groups -OCH3 is 1. The van der Waals surface area contributed by atoms with Crippen LogP contribution in [0.4, 0.5) is 0 Å². The molecule has 1 aliphatic rings. The predicted octanol–water partition coefficient (Wildman–Crippen LogP) is 4.32. The van der Waals surface area contributed by atoms with Crippen LogP contribution in [-0.4, -0.2) is 42.6 Å². The first kappa shape index (κ1) is 21.8. The first-order valence-corrected chi connectivity index (χ1v) is 9.35. The van der Waals surface area contributed by atoms with E-state index in [-0.39, 0.29) is 24.0 Å². The van der Waals surface area contributed by atoms with E-state index in [1.165, 1.54) is 5.56 Å². The van der Waals surface area contributed by atoms with Crippen LogP contribution in [0, 0.1) is 0 Å². The highest BCUT2D eigenvalue weighted by atomic mass is 127. The van der Waals surface area contributed by atoms with Gasteiger partial charge >= 0.3 is 0 Å². The zero-order valence-electron chi connectivity index (χ0n) is 15.7. The average Bonchev–Trinajstić information content (AvgIpc) is 3.16. The Morgan fingerprint density at radius 2 is 2.07 bits per heavy atom. The Kier molecular flexibility index (Phi) is 8.63. The maximum absolute atomic E-state index is 5.85. The fourth-order valence-electron chi connectivity index (χ4n) is 3.19. The van der Waals surface area contributed by atoms with Gasteiger partial charge in [0.25, 0.3) is 0 Å². The first-order valence-electron chi connectivity index (χ1n) is 8.97. The fourth-order valence-corrected chi connectivity index (χ4v) is 3.30. The Hall–Kier alpha value is -1.54. The van der Waals surface area contributed by atoms with E-state index < -0.39 is 0 Å². The molecule has 146 valence electrons. The smallest absolute Gasteiger partial charge is 0.194 e. The number of ether oxygens (including phenoxy) is 1. The van der Waals surface area contributed by atoms with Crippen LogP contribution in [0.15, 0.2) is 47.6 Å². The summed E-state index contributed by atoms with van der Waals surface area (Å²) in [6.45, 7) is 5.51. The number of hydrogen-bond acceptors (Lipinski definition) is 3. The van der Waals surface area contributed by atoms with Crippen molar-refractivity contribution in [2.75, 3.05) is 26.7 Å². The molecule has 1 unspecified atom stereocenters. The number of aliphatic imine (C=N–C) groups is 1. The van der Waals surface area contributed by atoms with Crippen molar-refractivity contribution in [3.05, 3.63) is 58.9 Å². The van der Waals surface area contributed by atoms with Crippen LogP contribution in [0.2, 0.25) is 5.15 Å². The molecule has 1 atom stereocenters. The Morgan fingerprint density at radius 3 is 2.70 bits per heavy atom. The number of nitrogens with one attached hydrogen (secondary N) is 1. The molecule has 1 fully saturated rings. The molecule has 1 saturated heterocycles. The van der Waals surface area contributed by atoms with Crippen LogP contribution in [-0.2, 0) is 6.54 Å². The maximum Gasteiger partial charge on any atom is 0.194 e. The van der Waals surface area contributed by atoms with E-state index in [9.17, 15) is 0 Å². The molecule has 3 rings (SSSR count). The lowest BCUT2D eigenvalue weighted by Gasteiger charge is -2.22. The van der Waals surface area contributed by atoms with E-state index in [0.717, 1.165) is 43.3 Å². The number of likely N-dealkylation sites (tertiary alicyclic amines) is 1. The molecular weight excluding hydrogens is 475 g/mol. The molecule has 1 N–H and O–H groups in total. The minimum Gasteiger partial charge on any atom is -0.497 e. The zero-order valence-corrected chi connectivity index (χ0v) is 18.8. The van der Waals surface area contributed by atoms with Crippen molar-refractivity contribution in [2.45, 2.75) is 25.8 Å². The summed E-state index contributed by atoms with van der Waals surface area (Å²) < 4.78 is 5.25. The van der Waals surface area contributed by atoms with E-state index in [2.05, 4.69) is 34.3 Å². The Labute approximate surface area is 183 Å². The molecule has 27 heavy (non-hydrogen) atoms. The molecule has 2 heterocycles. The van der Waals surface area contributed by atoms with Gasteiger partial charge in [0.2, 0.25) is 0 Å². The van der Waals surface area contributed by atoms with Gasteiger partial charge in [0.05, 0.1) is 13.7 Å². The molecular formula is C20H26ClIN4O. The van der Waals surface area contributed by atoms with Crippen molar-refractivity contribution < 1.29 is 4.74 Å². The molecule has 0 radical (unpaired) electrons. The quantitative estimate of drug-likeness (QED) is 0.288. The van der Waals surface area contributed by atoms with Crippen molar-refractivity contribution in [1.29, 1.82) is 0 Å². The topological polar surface area (TPSA) is 49.8 Å². The second-order valence-electron chi connectivity index (χ2n) is 6.36. The fraction of sp³-hybridized carbons (Fsp3) is 0.400. The molecule has 1 aromatic carbocycles. The van der Waals surface area contributed by atoms with Gasteiger partial charge in [-0.1, -0.05) is 29.8 Å². The molecule has 0 aliphatic carbocycles. The van der Waals surface area contributed by atoms with E-state index in [0.29, 0.717) is 17.6 Å². The van der Waals surface area contributed by atoms with Crippen LogP contribution in [0.5, 0.6) is 5.75 Å². The maximum atomic E-state index is 5.85. The zero-order chi connectivity index (χ0) is 18.4. The van der Waals surface area contributed by atoms with Gasteiger partial charge in [-0.2, -0.15) is 0 Å². The molecule has 0 spiro atoms. The highest BCUT2D eigenvalue weighted by Gasteiger charge is 2.26. The number of halogens is 2. The normalized spacial score (nSPS) is 16.8. The molecule has 0 saturated carbocycles. The van der Waals surface area contributed by atoms with E-state index in [1.807, 2.05) is 18.2 Å². The molecule has 0 amide bonds. The molecule has 0 bridgehead atoms. The predicted molar refractivity (Wildman–Crippen MR) is 121 cm³/mol. The molecule has 1 aromatic heterocycles. The summed E-state index contributed by atoms with van der Waals surface area (Å²) in [6.07, 6.45) is 2.90. The van der Waals surface area contributed by atoms with Gasteiger partial charge in [-0.25, -0.2) is 9.98 Å². The lowest BCUT2D eigenvalue weighted by Crippen LogP contribution is -2.40. The number of rotatable bonds is 5. The number of pyridine rings is 1. The van der Waals surface area contributed by atoms with Gasteiger partial charge in [0.15, 0.2) is 5.96 Å². The minimum atomic E-state index is 0. The summed E-state index contributed by atoms with van der Waals surface area (Å²) in [7, 11) is 1.70. The summed E-state index contributed by atoms with van der Waals surface area (Å²) in [5.74, 6) is 2.37. The lowest BCUT2D eigenvalue weighted by atomic mass is 9.98. The van der Waals surface area contributed by atoms with Gasteiger partial charge in [0.1, 0.15) is 10.9 Å². The van der Waals surface area contributed by atoms with E-state index in [4.69, 9.17) is 21.3 Å². The van der Waals surface area contributed by atoms with Crippen LogP contribution in [0.3, 0.4) is 0 Å². The Balaban J connectivity index is 0.00000261.